The number of nitro benzene ring substituents is 1. The molecule has 1 fully saturated rings. The molecule has 0 spiro atoms. The van der Waals surface area contributed by atoms with Crippen LogP contribution in [-0.2, 0) is 31.6 Å². The van der Waals surface area contributed by atoms with E-state index >= 15 is 0 Å². The molecule has 3 heterocycles. The number of imidazole rings is 1. The van der Waals surface area contributed by atoms with Crippen LogP contribution in [0.25, 0.3) is 11.2 Å². The molecule has 4 rings (SSSR count). The van der Waals surface area contributed by atoms with Gasteiger partial charge in [0.25, 0.3) is 11.2 Å². The molecule has 0 bridgehead atoms. The third-order valence-electron chi connectivity index (χ3n) is 5.39. The van der Waals surface area contributed by atoms with Gasteiger partial charge in [-0.2, -0.15) is 13.6 Å². The van der Waals surface area contributed by atoms with Crippen molar-refractivity contribution in [2.24, 2.45) is 0 Å². The maximum Gasteiger partial charge on any atom is 0.489 e. The number of aromatic amines is 1. The molecular formula is C16H21N8O15P3. The average molecular weight is 658 g/mol. The number of fused-ring (bicyclic) bond motifs is 1. The summed E-state index contributed by atoms with van der Waals surface area (Å²) in [4.78, 5) is 61.5. The average Bonchev–Trinajstić information content (AvgIpc) is 3.38. The van der Waals surface area contributed by atoms with E-state index in [4.69, 9.17) is 16.2 Å². The highest BCUT2D eigenvalue weighted by atomic mass is 31.3. The van der Waals surface area contributed by atoms with Crippen LogP contribution in [-0.4, -0.2) is 74.3 Å². The molecule has 1 aliphatic heterocycles. The summed E-state index contributed by atoms with van der Waals surface area (Å²) in [6.45, 7) is -1.06. The zero-order valence-electron chi connectivity index (χ0n) is 20.4. The van der Waals surface area contributed by atoms with E-state index in [1.54, 1.807) is 5.09 Å². The van der Waals surface area contributed by atoms with Gasteiger partial charge in [0.2, 0.25) is 5.95 Å². The molecular weight excluding hydrogens is 637 g/mol. The number of benzene rings is 1. The highest BCUT2D eigenvalue weighted by molar-refractivity contribution is 7.68. The van der Waals surface area contributed by atoms with Gasteiger partial charge in [-0.3, -0.25) is 34.1 Å². The van der Waals surface area contributed by atoms with Gasteiger partial charge in [-0.15, -0.1) is 0 Å². The lowest BCUT2D eigenvalue weighted by Crippen LogP contribution is -2.33. The molecule has 3 aromatic rings. The molecule has 0 saturated carbocycles. The number of anilines is 3. The van der Waals surface area contributed by atoms with Gasteiger partial charge in [0, 0.05) is 12.1 Å². The number of phosphoric ester groups is 1. The number of hydrogen-bond donors (Lipinski definition) is 9. The minimum absolute atomic E-state index is 0.141. The third-order valence-corrected chi connectivity index (χ3v) is 9.75. The fourth-order valence-electron chi connectivity index (χ4n) is 3.63. The van der Waals surface area contributed by atoms with Crippen LogP contribution in [0.15, 0.2) is 29.3 Å². The number of nitrogen functional groups attached to an aromatic ring is 2. The van der Waals surface area contributed by atoms with Crippen molar-refractivity contribution in [1.82, 2.24) is 19.5 Å². The number of aliphatic hydroxyl groups excluding tert-OH is 2. The fraction of sp³-hybridized carbons (Fsp3) is 0.312. The molecule has 0 amide bonds. The SMILES string of the molecule is Nc1nc2c(ncn2[C@@H]2O[C@H](COP(=O)(O)OP(=O)(O)OP(=O)(O)Nc3cc([N+](=O)[O-])ccc3N)[C@@H](O)[C@H]2O)c(=O)[nH]1. The molecule has 26 heteroatoms. The number of nitrogens with one attached hydrogen (secondary N) is 2. The molecule has 3 unspecified atom stereocenters. The Morgan fingerprint density at radius 2 is 1.83 bits per heavy atom. The number of ether oxygens (including phenoxy) is 1. The van der Waals surface area contributed by atoms with E-state index in [0.29, 0.717) is 6.07 Å². The second-order valence-electron chi connectivity index (χ2n) is 8.38. The van der Waals surface area contributed by atoms with Crippen LogP contribution in [0.4, 0.5) is 23.0 Å². The first-order chi connectivity index (χ1) is 19.4. The summed E-state index contributed by atoms with van der Waals surface area (Å²) in [5.41, 5.74) is 8.56. The van der Waals surface area contributed by atoms with Crippen molar-refractivity contribution in [1.29, 1.82) is 0 Å². The maximum absolute atomic E-state index is 12.3. The van der Waals surface area contributed by atoms with Crippen LogP contribution in [0.1, 0.15) is 6.23 Å². The number of nitrogens with zero attached hydrogens (tertiary/aromatic N) is 4. The fourth-order valence-corrected chi connectivity index (χ4v) is 7.36. The van der Waals surface area contributed by atoms with E-state index in [1.807, 2.05) is 0 Å². The standard InChI is InChI=1S/C16H21N8O15P3/c17-7-2-1-6(24(28)29)3-8(7)22-40(30,31)38-42(34,35)39-41(32,33)36-4-9-11(25)12(26)15(37-9)23-5-19-10-13(23)20-16(18)21-14(10)27/h1-3,5,9,11-12,15,25-26H,4,17H2,(H,32,33)(H,34,35)(H2,22,30,31)(H3,18,20,21,27)/t9-,11-,12-,15-/m1/s1. The molecule has 230 valence electrons. The second-order valence-corrected chi connectivity index (χ2v) is 13.1. The van der Waals surface area contributed by atoms with Crippen molar-refractivity contribution in [2.45, 2.75) is 24.5 Å². The molecule has 1 saturated heterocycles. The molecule has 2 aromatic heterocycles. The van der Waals surface area contributed by atoms with Crippen molar-refractivity contribution < 1.29 is 61.4 Å². The molecule has 7 atom stereocenters. The van der Waals surface area contributed by atoms with E-state index < -0.39 is 76.4 Å². The largest absolute Gasteiger partial charge is 0.489 e. The van der Waals surface area contributed by atoms with E-state index in [9.17, 15) is 53.5 Å². The van der Waals surface area contributed by atoms with Crippen LogP contribution in [0, 0.1) is 10.1 Å². The Bertz CT molecular complexity index is 1730. The summed E-state index contributed by atoms with van der Waals surface area (Å²) < 4.78 is 55.8. The minimum atomic E-state index is -5.90. The predicted molar refractivity (Wildman–Crippen MR) is 137 cm³/mol. The second kappa shape index (κ2) is 11.4. The van der Waals surface area contributed by atoms with E-state index in [2.05, 4.69) is 28.1 Å². The number of nitro groups is 1. The van der Waals surface area contributed by atoms with Gasteiger partial charge in [0.15, 0.2) is 17.4 Å². The molecule has 11 N–H and O–H groups in total. The lowest BCUT2D eigenvalue weighted by Gasteiger charge is -2.21. The summed E-state index contributed by atoms with van der Waals surface area (Å²) in [7, 11) is -17.0. The van der Waals surface area contributed by atoms with Gasteiger partial charge in [-0.1, -0.05) is 0 Å². The predicted octanol–water partition coefficient (Wildman–Crippen LogP) is -0.726. The molecule has 0 aliphatic carbocycles. The summed E-state index contributed by atoms with van der Waals surface area (Å²) in [5.74, 6) is -0.299. The normalized spacial score (nSPS) is 25.0. The Morgan fingerprint density at radius 3 is 2.50 bits per heavy atom. The van der Waals surface area contributed by atoms with Crippen molar-refractivity contribution in [2.75, 3.05) is 23.2 Å². The van der Waals surface area contributed by atoms with Gasteiger partial charge in [0.05, 0.1) is 29.2 Å². The first-order valence-corrected chi connectivity index (χ1v) is 15.6. The lowest BCUT2D eigenvalue weighted by molar-refractivity contribution is -0.384. The minimum Gasteiger partial charge on any atom is -0.397 e. The van der Waals surface area contributed by atoms with Crippen molar-refractivity contribution in [3.63, 3.8) is 0 Å². The van der Waals surface area contributed by atoms with E-state index in [1.165, 1.54) is 0 Å². The van der Waals surface area contributed by atoms with Crippen LogP contribution in [0.3, 0.4) is 0 Å². The van der Waals surface area contributed by atoms with Crippen molar-refractivity contribution in [3.8, 4) is 0 Å². The number of H-pyrrole nitrogens is 1. The number of aliphatic hydroxyl groups is 2. The van der Waals surface area contributed by atoms with Crippen molar-refractivity contribution >= 4 is 57.6 Å². The highest BCUT2D eigenvalue weighted by Gasteiger charge is 2.47. The quantitative estimate of drug-likeness (QED) is 0.0530. The number of nitrogens with two attached hydrogens (primary N) is 2. The Kier molecular flexibility index (Phi) is 8.60. The van der Waals surface area contributed by atoms with Gasteiger partial charge in [-0.25, -0.2) is 18.7 Å². The van der Waals surface area contributed by atoms with Gasteiger partial charge in [-0.05, 0) is 6.07 Å². The molecule has 1 aliphatic rings. The smallest absolute Gasteiger partial charge is 0.397 e. The zero-order valence-corrected chi connectivity index (χ0v) is 23.1. The Balaban J connectivity index is 1.40. The first kappa shape index (κ1) is 31.6. The maximum atomic E-state index is 12.3. The number of hydrogen-bond acceptors (Lipinski definition) is 16. The molecule has 23 nitrogen and oxygen atoms in total. The summed E-state index contributed by atoms with van der Waals surface area (Å²) in [6.07, 6.45) is -5.56. The van der Waals surface area contributed by atoms with Crippen molar-refractivity contribution in [3.05, 3.63) is 45.0 Å². The molecule has 0 radical (unpaired) electrons. The first-order valence-electron chi connectivity index (χ1n) is 11.0. The Labute approximate surface area is 231 Å². The topological polar surface area (TPSA) is 360 Å². The summed E-state index contributed by atoms with van der Waals surface area (Å²) in [6, 6.07) is 2.64. The Hall–Kier alpha value is -3.30. The number of aromatic nitrogens is 4. The van der Waals surface area contributed by atoms with E-state index in [-0.39, 0.29) is 22.8 Å². The number of phosphoric acid groups is 2. The van der Waals surface area contributed by atoms with Gasteiger partial charge >= 0.3 is 23.4 Å². The van der Waals surface area contributed by atoms with Crippen LogP contribution >= 0.6 is 23.4 Å². The summed E-state index contributed by atoms with van der Waals surface area (Å²) >= 11 is 0. The van der Waals surface area contributed by atoms with Gasteiger partial charge < -0.3 is 41.1 Å². The van der Waals surface area contributed by atoms with Crippen LogP contribution in [0.2, 0.25) is 0 Å². The summed E-state index contributed by atoms with van der Waals surface area (Å²) in [5, 5.41) is 33.3. The van der Waals surface area contributed by atoms with E-state index in [0.717, 1.165) is 23.0 Å². The highest BCUT2D eigenvalue weighted by Crippen LogP contribution is 2.67. The monoisotopic (exact) mass is 658 g/mol. The Morgan fingerprint density at radius 1 is 1.14 bits per heavy atom. The van der Waals surface area contributed by atoms with Crippen LogP contribution < -0.4 is 22.1 Å². The zero-order chi connectivity index (χ0) is 31.2. The van der Waals surface area contributed by atoms with Gasteiger partial charge in [0.1, 0.15) is 18.3 Å². The lowest BCUT2D eigenvalue weighted by atomic mass is 10.1. The number of non-ortho nitro benzene ring substituents is 1. The van der Waals surface area contributed by atoms with Crippen LogP contribution in [0.5, 0.6) is 0 Å². The molecule has 1 aromatic carbocycles. The third kappa shape index (κ3) is 7.01. The molecule has 42 heavy (non-hydrogen) atoms. The number of rotatable bonds is 11.